The van der Waals surface area contributed by atoms with Crippen LogP contribution < -0.4 is 4.74 Å². The van der Waals surface area contributed by atoms with Crippen molar-refractivity contribution in [3.05, 3.63) is 46.5 Å². The molecular weight excluding hydrogens is 322 g/mol. The van der Waals surface area contributed by atoms with Crippen molar-refractivity contribution in [2.45, 2.75) is 0 Å². The lowest BCUT2D eigenvalue weighted by Crippen LogP contribution is -2.01. The lowest BCUT2D eigenvalue weighted by atomic mass is 10.1. The third-order valence-electron chi connectivity index (χ3n) is 2.79. The molecule has 0 amide bonds. The minimum atomic E-state index is 0.352. The quantitative estimate of drug-likeness (QED) is 0.678. The van der Waals surface area contributed by atoms with E-state index in [1.807, 2.05) is 12.1 Å². The number of hydrogen-bond donors (Lipinski definition) is 0. The highest BCUT2D eigenvalue weighted by Crippen LogP contribution is 2.32. The second-order valence-electron chi connectivity index (χ2n) is 3.92. The zero-order chi connectivity index (χ0) is 14.1. The molecule has 0 aliphatic carbocycles. The molecule has 3 rings (SSSR count). The van der Waals surface area contributed by atoms with E-state index in [1.165, 1.54) is 18.0 Å². The van der Waals surface area contributed by atoms with E-state index in [4.69, 9.17) is 11.3 Å². The molecule has 0 fully saturated rings. The Labute approximate surface area is 123 Å². The molecule has 1 aromatic carbocycles. The van der Waals surface area contributed by atoms with E-state index in [9.17, 15) is 0 Å². The molecule has 0 atom stereocenters. The second kappa shape index (κ2) is 4.90. The van der Waals surface area contributed by atoms with Gasteiger partial charge in [-0.1, -0.05) is 24.3 Å². The SMILES string of the molecule is [C-]#[N+]c1ccc(-c2nc(OC)n3ncnc3c2Br)cc1. The van der Waals surface area contributed by atoms with Crippen LogP contribution in [-0.4, -0.2) is 26.7 Å². The number of hydrogen-bond acceptors (Lipinski definition) is 4. The van der Waals surface area contributed by atoms with Gasteiger partial charge in [-0.25, -0.2) is 9.83 Å². The summed E-state index contributed by atoms with van der Waals surface area (Å²) < 4.78 is 7.47. The van der Waals surface area contributed by atoms with E-state index < -0.39 is 0 Å². The molecule has 0 saturated carbocycles. The summed E-state index contributed by atoms with van der Waals surface area (Å²) in [5.41, 5.74) is 2.77. The molecule has 0 aliphatic rings. The fourth-order valence-corrected chi connectivity index (χ4v) is 2.43. The van der Waals surface area contributed by atoms with E-state index in [0.29, 0.717) is 23.0 Å². The number of rotatable bonds is 2. The highest BCUT2D eigenvalue weighted by Gasteiger charge is 2.15. The van der Waals surface area contributed by atoms with Crippen LogP contribution in [0.5, 0.6) is 6.01 Å². The van der Waals surface area contributed by atoms with Gasteiger partial charge in [0, 0.05) is 0 Å². The van der Waals surface area contributed by atoms with Crippen LogP contribution in [0.2, 0.25) is 0 Å². The van der Waals surface area contributed by atoms with Gasteiger partial charge in [0.25, 0.3) is 0 Å². The zero-order valence-electron chi connectivity index (χ0n) is 10.4. The molecule has 7 heteroatoms. The van der Waals surface area contributed by atoms with Crippen LogP contribution in [0.25, 0.3) is 21.7 Å². The predicted octanol–water partition coefficient (Wildman–Crippen LogP) is 3.11. The van der Waals surface area contributed by atoms with Crippen LogP contribution in [0.4, 0.5) is 5.69 Å². The van der Waals surface area contributed by atoms with Crippen LogP contribution in [0.3, 0.4) is 0 Å². The minimum Gasteiger partial charge on any atom is -0.467 e. The third kappa shape index (κ3) is 1.90. The first kappa shape index (κ1) is 12.6. The Bertz CT molecular complexity index is 819. The van der Waals surface area contributed by atoms with Crippen molar-refractivity contribution < 1.29 is 4.74 Å². The topological polar surface area (TPSA) is 56.7 Å². The highest BCUT2D eigenvalue weighted by molar-refractivity contribution is 9.10. The number of nitrogens with zero attached hydrogens (tertiary/aromatic N) is 5. The smallest absolute Gasteiger partial charge is 0.319 e. The first-order valence-electron chi connectivity index (χ1n) is 5.65. The molecule has 0 radical (unpaired) electrons. The van der Waals surface area contributed by atoms with Crippen LogP contribution in [-0.2, 0) is 0 Å². The summed E-state index contributed by atoms with van der Waals surface area (Å²) in [7, 11) is 1.53. The number of aromatic nitrogens is 4. The lowest BCUT2D eigenvalue weighted by Gasteiger charge is -2.08. The van der Waals surface area contributed by atoms with Crippen molar-refractivity contribution in [3.63, 3.8) is 0 Å². The molecule has 3 aromatic rings. The van der Waals surface area contributed by atoms with E-state index in [0.717, 1.165) is 10.0 Å². The Balaban J connectivity index is 2.24. The molecule has 2 aromatic heterocycles. The maximum absolute atomic E-state index is 6.97. The Hall–Kier alpha value is -2.46. The van der Waals surface area contributed by atoms with Crippen LogP contribution in [0.15, 0.2) is 35.1 Å². The Kier molecular flexibility index (Phi) is 3.08. The van der Waals surface area contributed by atoms with Crippen molar-refractivity contribution >= 4 is 27.3 Å². The number of benzene rings is 1. The van der Waals surface area contributed by atoms with Gasteiger partial charge in [-0.05, 0) is 21.5 Å². The van der Waals surface area contributed by atoms with Crippen LogP contribution in [0.1, 0.15) is 0 Å². The average molecular weight is 330 g/mol. The standard InChI is InChI=1S/C13H8BrN5O/c1-15-9-5-3-8(4-6-9)11-10(14)12-16-7-17-19(12)13(18-11)20-2/h3-7H,2H3. The van der Waals surface area contributed by atoms with Crippen molar-refractivity contribution in [1.29, 1.82) is 0 Å². The first-order valence-corrected chi connectivity index (χ1v) is 6.45. The van der Waals surface area contributed by atoms with E-state index in [1.54, 1.807) is 12.1 Å². The highest BCUT2D eigenvalue weighted by atomic mass is 79.9. The first-order chi connectivity index (χ1) is 9.74. The Morgan fingerprint density at radius 2 is 2.05 bits per heavy atom. The molecule has 6 nitrogen and oxygen atoms in total. The van der Waals surface area contributed by atoms with Gasteiger partial charge in [-0.3, -0.25) is 0 Å². The Morgan fingerprint density at radius 1 is 1.30 bits per heavy atom. The number of methoxy groups -OCH3 is 1. The van der Waals surface area contributed by atoms with Gasteiger partial charge >= 0.3 is 6.01 Å². The second-order valence-corrected chi connectivity index (χ2v) is 4.71. The van der Waals surface area contributed by atoms with Gasteiger partial charge in [0.1, 0.15) is 6.33 Å². The van der Waals surface area contributed by atoms with Crippen molar-refractivity contribution in [2.75, 3.05) is 7.11 Å². The van der Waals surface area contributed by atoms with Crippen LogP contribution >= 0.6 is 15.9 Å². The van der Waals surface area contributed by atoms with E-state index in [-0.39, 0.29) is 0 Å². The summed E-state index contributed by atoms with van der Waals surface area (Å²) in [5, 5.41) is 4.06. The summed E-state index contributed by atoms with van der Waals surface area (Å²) in [4.78, 5) is 12.0. The molecule has 0 saturated heterocycles. The van der Waals surface area contributed by atoms with Gasteiger partial charge in [0.05, 0.1) is 23.8 Å². The summed E-state index contributed by atoms with van der Waals surface area (Å²) in [5.74, 6) is 0. The fourth-order valence-electron chi connectivity index (χ4n) is 1.85. The predicted molar refractivity (Wildman–Crippen MR) is 76.7 cm³/mol. The van der Waals surface area contributed by atoms with E-state index in [2.05, 4.69) is 35.8 Å². The lowest BCUT2D eigenvalue weighted by molar-refractivity contribution is 0.367. The third-order valence-corrected chi connectivity index (χ3v) is 3.52. The zero-order valence-corrected chi connectivity index (χ0v) is 12.0. The molecule has 0 aliphatic heterocycles. The molecule has 0 bridgehead atoms. The summed E-state index contributed by atoms with van der Waals surface area (Å²) in [6.07, 6.45) is 1.44. The number of fused-ring (bicyclic) bond motifs is 1. The molecule has 0 spiro atoms. The summed E-state index contributed by atoms with van der Waals surface area (Å²) >= 11 is 3.49. The molecule has 20 heavy (non-hydrogen) atoms. The molecule has 2 heterocycles. The van der Waals surface area contributed by atoms with Gasteiger partial charge in [-0.15, -0.1) is 0 Å². The molecular formula is C13H8BrN5O. The van der Waals surface area contributed by atoms with Crippen molar-refractivity contribution in [3.8, 4) is 17.3 Å². The summed E-state index contributed by atoms with van der Waals surface area (Å²) in [6.45, 7) is 6.97. The summed E-state index contributed by atoms with van der Waals surface area (Å²) in [6, 6.07) is 7.53. The maximum Gasteiger partial charge on any atom is 0.319 e. The molecule has 0 unspecified atom stereocenters. The molecule has 98 valence electrons. The Morgan fingerprint density at radius 3 is 2.70 bits per heavy atom. The normalized spacial score (nSPS) is 10.4. The van der Waals surface area contributed by atoms with Crippen molar-refractivity contribution in [2.24, 2.45) is 0 Å². The van der Waals surface area contributed by atoms with E-state index >= 15 is 0 Å². The average Bonchev–Trinajstić information content (AvgIpc) is 2.98. The van der Waals surface area contributed by atoms with Gasteiger partial charge < -0.3 is 4.74 Å². The van der Waals surface area contributed by atoms with Gasteiger partial charge in [0.2, 0.25) is 0 Å². The van der Waals surface area contributed by atoms with Gasteiger partial charge in [-0.2, -0.15) is 14.6 Å². The fraction of sp³-hybridized carbons (Fsp3) is 0.0769. The maximum atomic E-state index is 6.97. The molecule has 0 N–H and O–H groups in total. The minimum absolute atomic E-state index is 0.352. The van der Waals surface area contributed by atoms with Crippen molar-refractivity contribution in [1.82, 2.24) is 19.6 Å². The monoisotopic (exact) mass is 329 g/mol. The largest absolute Gasteiger partial charge is 0.467 e. The van der Waals surface area contributed by atoms with Gasteiger partial charge in [0.15, 0.2) is 11.3 Å². The number of halogens is 1. The van der Waals surface area contributed by atoms with Crippen LogP contribution in [0, 0.1) is 6.57 Å². The number of ether oxygens (including phenoxy) is 1.